The van der Waals surface area contributed by atoms with E-state index >= 15 is 0 Å². The molecule has 1 aromatic carbocycles. The first-order chi connectivity index (χ1) is 16.9. The van der Waals surface area contributed by atoms with E-state index in [1.54, 1.807) is 29.2 Å². The molecule has 178 valence electrons. The van der Waals surface area contributed by atoms with Crippen LogP contribution >= 0.6 is 0 Å². The topological polar surface area (TPSA) is 132 Å². The number of nitrogens with zero attached hydrogens (tertiary/aromatic N) is 4. The molecule has 0 radical (unpaired) electrons. The zero-order valence-corrected chi connectivity index (χ0v) is 19.1. The summed E-state index contributed by atoms with van der Waals surface area (Å²) < 4.78 is 13.2. The molecule has 3 aliphatic rings. The van der Waals surface area contributed by atoms with Gasteiger partial charge in [0.1, 0.15) is 29.9 Å². The first-order valence-corrected chi connectivity index (χ1v) is 11.2. The lowest BCUT2D eigenvalue weighted by molar-refractivity contribution is -0.125. The molecular formula is C24H22N6O5. The zero-order valence-electron chi connectivity index (χ0n) is 19.1. The Morgan fingerprint density at radius 1 is 1.26 bits per heavy atom. The van der Waals surface area contributed by atoms with Crippen molar-refractivity contribution in [2.75, 3.05) is 13.7 Å². The Kier molecular flexibility index (Phi) is 4.56. The third kappa shape index (κ3) is 3.22. The predicted octanol–water partition coefficient (Wildman–Crippen LogP) is 2.08. The quantitative estimate of drug-likeness (QED) is 0.541. The molecule has 2 aromatic heterocycles. The third-order valence-corrected chi connectivity index (χ3v) is 6.78. The number of hydrogen-bond donors (Lipinski definition) is 2. The molecule has 1 fully saturated rings. The maximum atomic E-state index is 13.2. The summed E-state index contributed by atoms with van der Waals surface area (Å²) in [5, 5.41) is 9.25. The van der Waals surface area contributed by atoms with Crippen LogP contribution in [0.15, 0.2) is 41.3 Å². The second-order valence-corrected chi connectivity index (χ2v) is 9.01. The van der Waals surface area contributed by atoms with Gasteiger partial charge < -0.3 is 19.4 Å². The van der Waals surface area contributed by atoms with Crippen molar-refractivity contribution < 1.29 is 23.5 Å². The Morgan fingerprint density at radius 2 is 2.11 bits per heavy atom. The minimum Gasteiger partial charge on any atom is -0.497 e. The van der Waals surface area contributed by atoms with E-state index in [0.29, 0.717) is 30.0 Å². The number of allylic oxidation sites excluding steroid dienone is 1. The molecule has 3 aromatic rings. The fourth-order valence-electron chi connectivity index (χ4n) is 5.02. The maximum absolute atomic E-state index is 13.2. The van der Waals surface area contributed by atoms with Gasteiger partial charge in [-0.2, -0.15) is 5.10 Å². The monoisotopic (exact) mass is 474 g/mol. The van der Waals surface area contributed by atoms with Crippen LogP contribution in [-0.2, 0) is 16.9 Å². The van der Waals surface area contributed by atoms with Gasteiger partial charge in [0.15, 0.2) is 5.54 Å². The van der Waals surface area contributed by atoms with E-state index in [9.17, 15) is 14.4 Å². The molecule has 1 saturated heterocycles. The van der Waals surface area contributed by atoms with Crippen LogP contribution in [0.3, 0.4) is 0 Å². The van der Waals surface area contributed by atoms with E-state index in [2.05, 4.69) is 20.7 Å². The van der Waals surface area contributed by atoms with Crippen LogP contribution in [0.2, 0.25) is 0 Å². The number of methoxy groups -OCH3 is 1. The highest BCUT2D eigenvalue weighted by Crippen LogP contribution is 2.41. The SMILES string of the molecule is COc1ccc2c(c1)C(=O)N(CC1(c3cc4c(o3)C(C)CC(n3cncn3)=C4)NC(=O)NC1=O)C2. The van der Waals surface area contributed by atoms with E-state index < -0.39 is 17.5 Å². The second-order valence-electron chi connectivity index (χ2n) is 9.01. The Bertz CT molecular complexity index is 1410. The van der Waals surface area contributed by atoms with Crippen LogP contribution in [0, 0.1) is 0 Å². The molecule has 2 atom stereocenters. The lowest BCUT2D eigenvalue weighted by Gasteiger charge is -2.29. The van der Waals surface area contributed by atoms with Crippen molar-refractivity contribution in [3.05, 3.63) is 65.1 Å². The molecular weight excluding hydrogens is 452 g/mol. The lowest BCUT2D eigenvalue weighted by atomic mass is 9.91. The number of nitrogens with one attached hydrogen (secondary N) is 2. The van der Waals surface area contributed by atoms with E-state index in [0.717, 1.165) is 16.8 Å². The number of carbonyl (C=O) groups is 3. The van der Waals surface area contributed by atoms with Crippen molar-refractivity contribution in [3.8, 4) is 5.75 Å². The number of benzene rings is 1. The molecule has 35 heavy (non-hydrogen) atoms. The largest absolute Gasteiger partial charge is 0.497 e. The minimum atomic E-state index is -1.56. The number of rotatable bonds is 5. The molecule has 2 unspecified atom stereocenters. The number of carbonyl (C=O) groups excluding carboxylic acids is 3. The molecule has 4 amide bonds. The number of urea groups is 1. The van der Waals surface area contributed by atoms with Crippen molar-refractivity contribution >= 4 is 29.6 Å². The summed E-state index contributed by atoms with van der Waals surface area (Å²) in [6.07, 6.45) is 5.69. The Hall–Kier alpha value is -4.41. The van der Waals surface area contributed by atoms with E-state index in [-0.39, 0.29) is 24.1 Å². The van der Waals surface area contributed by atoms with E-state index in [4.69, 9.17) is 9.15 Å². The van der Waals surface area contributed by atoms with Gasteiger partial charge in [-0.3, -0.25) is 14.9 Å². The van der Waals surface area contributed by atoms with Crippen molar-refractivity contribution in [2.24, 2.45) is 0 Å². The van der Waals surface area contributed by atoms with Gasteiger partial charge in [0.25, 0.3) is 11.8 Å². The molecule has 11 nitrogen and oxygen atoms in total. The Labute approximate surface area is 199 Å². The molecule has 11 heteroatoms. The molecule has 0 spiro atoms. The van der Waals surface area contributed by atoms with Crippen molar-refractivity contribution in [3.63, 3.8) is 0 Å². The maximum Gasteiger partial charge on any atom is 0.322 e. The van der Waals surface area contributed by atoms with Crippen molar-refractivity contribution in [2.45, 2.75) is 31.3 Å². The average molecular weight is 474 g/mol. The van der Waals surface area contributed by atoms with Crippen LogP contribution in [0.5, 0.6) is 5.75 Å². The van der Waals surface area contributed by atoms with Gasteiger partial charge in [-0.25, -0.2) is 14.5 Å². The summed E-state index contributed by atoms with van der Waals surface area (Å²) in [6, 6.07) is 6.42. The number of fused-ring (bicyclic) bond motifs is 2. The van der Waals surface area contributed by atoms with Gasteiger partial charge in [0.2, 0.25) is 0 Å². The second kappa shape index (κ2) is 7.55. The fourth-order valence-corrected chi connectivity index (χ4v) is 5.02. The van der Waals surface area contributed by atoms with Crippen molar-refractivity contribution in [1.82, 2.24) is 30.3 Å². The number of furan rings is 1. The van der Waals surface area contributed by atoms with Crippen LogP contribution in [-0.4, -0.2) is 51.2 Å². The summed E-state index contributed by atoms with van der Waals surface area (Å²) in [7, 11) is 1.54. The van der Waals surface area contributed by atoms with Gasteiger partial charge in [-0.15, -0.1) is 0 Å². The molecule has 2 N–H and O–H groups in total. The number of hydrogen-bond acceptors (Lipinski definition) is 7. The highest BCUT2D eigenvalue weighted by Gasteiger charge is 2.53. The summed E-state index contributed by atoms with van der Waals surface area (Å²) in [5.74, 6) is 0.745. The van der Waals surface area contributed by atoms with Crippen LogP contribution in [0.25, 0.3) is 11.8 Å². The summed E-state index contributed by atoms with van der Waals surface area (Å²) in [5.41, 5.74) is 1.50. The Balaban J connectivity index is 1.38. The molecule has 0 bridgehead atoms. The molecule has 1 aliphatic carbocycles. The van der Waals surface area contributed by atoms with Crippen LogP contribution in [0.1, 0.15) is 52.3 Å². The first-order valence-electron chi connectivity index (χ1n) is 11.2. The minimum absolute atomic E-state index is 0.00491. The number of aromatic nitrogens is 3. The van der Waals surface area contributed by atoms with E-state index in [1.807, 2.05) is 19.1 Å². The lowest BCUT2D eigenvalue weighted by Crippen LogP contribution is -2.52. The summed E-state index contributed by atoms with van der Waals surface area (Å²) >= 11 is 0. The fraction of sp³-hybridized carbons (Fsp3) is 0.292. The number of amides is 4. The average Bonchev–Trinajstić information content (AvgIpc) is 3.61. The summed E-state index contributed by atoms with van der Waals surface area (Å²) in [4.78, 5) is 44.2. The van der Waals surface area contributed by atoms with Gasteiger partial charge >= 0.3 is 6.03 Å². The first kappa shape index (κ1) is 21.1. The molecule has 2 aliphatic heterocycles. The normalized spacial score (nSPS) is 23.0. The highest BCUT2D eigenvalue weighted by atomic mass is 16.5. The van der Waals surface area contributed by atoms with Gasteiger partial charge in [0, 0.05) is 29.3 Å². The van der Waals surface area contributed by atoms with Gasteiger partial charge in [-0.1, -0.05) is 13.0 Å². The van der Waals surface area contributed by atoms with Crippen LogP contribution < -0.4 is 15.4 Å². The van der Waals surface area contributed by atoms with Crippen molar-refractivity contribution in [1.29, 1.82) is 0 Å². The summed E-state index contributed by atoms with van der Waals surface area (Å²) in [6.45, 7) is 2.24. The highest BCUT2D eigenvalue weighted by molar-refractivity contribution is 6.08. The zero-order chi connectivity index (χ0) is 24.3. The number of ether oxygens (including phenoxy) is 1. The van der Waals surface area contributed by atoms with Crippen LogP contribution in [0.4, 0.5) is 4.79 Å². The standard InChI is InChI=1S/C24H22N6O5/c1-13-5-16(30-12-25-11-26-30)6-15-7-19(35-20(13)15)24(22(32)27-23(33)28-24)10-29-9-14-3-4-17(34-2)8-18(14)21(29)31/h3-4,6-8,11-13H,5,9-10H2,1-2H3,(H2,27,28,32,33). The Morgan fingerprint density at radius 3 is 2.83 bits per heavy atom. The molecule has 0 saturated carbocycles. The van der Waals surface area contributed by atoms with E-state index in [1.165, 1.54) is 18.3 Å². The smallest absolute Gasteiger partial charge is 0.322 e. The molecule has 6 rings (SSSR count). The van der Waals surface area contributed by atoms with Gasteiger partial charge in [0.05, 0.1) is 13.7 Å². The predicted molar refractivity (Wildman–Crippen MR) is 122 cm³/mol. The third-order valence-electron chi connectivity index (χ3n) is 6.78. The number of imide groups is 1. The molecule has 4 heterocycles. The van der Waals surface area contributed by atoms with Gasteiger partial charge in [-0.05, 0) is 36.3 Å².